The molecule has 5 nitrogen and oxygen atoms in total. The van der Waals surface area contributed by atoms with Crippen LogP contribution in [0.2, 0.25) is 5.02 Å². The van der Waals surface area contributed by atoms with Crippen molar-refractivity contribution in [3.8, 4) is 0 Å². The maximum absolute atomic E-state index is 11.3. The van der Waals surface area contributed by atoms with Gasteiger partial charge in [-0.25, -0.2) is 4.79 Å². The number of rotatable bonds is 4. The van der Waals surface area contributed by atoms with Crippen LogP contribution in [0.15, 0.2) is 24.3 Å². The summed E-state index contributed by atoms with van der Waals surface area (Å²) in [5, 5.41) is 13.7. The summed E-state index contributed by atoms with van der Waals surface area (Å²) in [6.07, 6.45) is -0.115. The molecule has 0 aliphatic carbocycles. The third-order valence-electron chi connectivity index (χ3n) is 1.75. The van der Waals surface area contributed by atoms with Crippen LogP contribution < -0.4 is 10.6 Å². The second-order valence-electron chi connectivity index (χ2n) is 3.00. The van der Waals surface area contributed by atoms with Gasteiger partial charge in [-0.15, -0.1) is 0 Å². The van der Waals surface area contributed by atoms with Gasteiger partial charge < -0.3 is 15.7 Å². The van der Waals surface area contributed by atoms with Gasteiger partial charge in [0.25, 0.3) is 0 Å². The zero-order valence-electron chi connectivity index (χ0n) is 8.37. The van der Waals surface area contributed by atoms with Crippen LogP contribution in [0, 0.1) is 0 Å². The number of hydrogen-bond acceptors (Lipinski definition) is 2. The van der Waals surface area contributed by atoms with Gasteiger partial charge in [-0.1, -0.05) is 23.7 Å². The Morgan fingerprint density at radius 2 is 2.00 bits per heavy atom. The van der Waals surface area contributed by atoms with E-state index in [0.717, 1.165) is 0 Å². The zero-order valence-corrected chi connectivity index (χ0v) is 9.12. The first kappa shape index (κ1) is 12.3. The minimum atomic E-state index is -0.960. The van der Waals surface area contributed by atoms with Gasteiger partial charge in [0.2, 0.25) is 0 Å². The molecule has 0 atom stereocenters. The fraction of sp³-hybridized carbons (Fsp3) is 0.200. The molecule has 0 aromatic heterocycles. The van der Waals surface area contributed by atoms with E-state index in [1.54, 1.807) is 24.3 Å². The summed E-state index contributed by atoms with van der Waals surface area (Å²) in [7, 11) is 0. The topological polar surface area (TPSA) is 78.4 Å². The summed E-state index contributed by atoms with van der Waals surface area (Å²) in [5.74, 6) is -0.960. The Morgan fingerprint density at radius 3 is 2.62 bits per heavy atom. The lowest BCUT2D eigenvalue weighted by Gasteiger charge is -2.07. The van der Waals surface area contributed by atoms with Crippen molar-refractivity contribution in [2.75, 3.05) is 11.9 Å². The molecule has 0 aliphatic rings. The summed E-state index contributed by atoms with van der Waals surface area (Å²) in [5.41, 5.74) is 0.483. The summed E-state index contributed by atoms with van der Waals surface area (Å²) in [6, 6.07) is 6.30. The molecule has 0 heterocycles. The van der Waals surface area contributed by atoms with Crippen LogP contribution in [0.5, 0.6) is 0 Å². The number of anilines is 1. The Bertz CT molecular complexity index is 395. The molecule has 86 valence electrons. The summed E-state index contributed by atoms with van der Waals surface area (Å²) >= 11 is 5.82. The Labute approximate surface area is 97.4 Å². The zero-order chi connectivity index (χ0) is 12.0. The van der Waals surface area contributed by atoms with Crippen LogP contribution >= 0.6 is 11.6 Å². The molecule has 3 N–H and O–H groups in total. The van der Waals surface area contributed by atoms with Crippen molar-refractivity contribution >= 4 is 29.3 Å². The number of nitrogens with one attached hydrogen (secondary N) is 2. The van der Waals surface area contributed by atoms with Crippen molar-refractivity contribution in [2.45, 2.75) is 6.42 Å². The molecule has 16 heavy (non-hydrogen) atoms. The number of halogens is 1. The number of aliphatic carboxylic acids is 1. The van der Waals surface area contributed by atoms with Crippen LogP contribution in [-0.2, 0) is 4.79 Å². The van der Waals surface area contributed by atoms with Crippen molar-refractivity contribution in [1.82, 2.24) is 5.32 Å². The monoisotopic (exact) mass is 242 g/mol. The van der Waals surface area contributed by atoms with Crippen molar-refractivity contribution in [3.63, 3.8) is 0 Å². The van der Waals surface area contributed by atoms with E-state index in [1.807, 2.05) is 0 Å². The van der Waals surface area contributed by atoms with E-state index in [2.05, 4.69) is 10.6 Å². The highest BCUT2D eigenvalue weighted by molar-refractivity contribution is 6.33. The smallest absolute Gasteiger partial charge is 0.319 e. The van der Waals surface area contributed by atoms with Gasteiger partial charge >= 0.3 is 12.0 Å². The number of carboxylic acid groups (broad SMARTS) is 1. The molecule has 0 fully saturated rings. The van der Waals surface area contributed by atoms with E-state index in [-0.39, 0.29) is 13.0 Å². The van der Waals surface area contributed by atoms with Crippen LogP contribution in [0.1, 0.15) is 6.42 Å². The predicted molar refractivity (Wildman–Crippen MR) is 60.7 cm³/mol. The molecule has 0 unspecified atom stereocenters. The van der Waals surface area contributed by atoms with Gasteiger partial charge in [-0.3, -0.25) is 4.79 Å². The number of carbonyl (C=O) groups is 2. The second-order valence-corrected chi connectivity index (χ2v) is 3.41. The fourth-order valence-electron chi connectivity index (χ4n) is 1.01. The molecular weight excluding hydrogens is 232 g/mol. The lowest BCUT2D eigenvalue weighted by Crippen LogP contribution is -2.30. The molecule has 1 aromatic rings. The predicted octanol–water partition coefficient (Wildman–Crippen LogP) is 1.94. The number of benzene rings is 1. The van der Waals surface area contributed by atoms with Crippen LogP contribution in [-0.4, -0.2) is 23.7 Å². The van der Waals surface area contributed by atoms with E-state index in [1.165, 1.54) is 0 Å². The molecule has 1 rings (SSSR count). The maximum atomic E-state index is 11.3. The Kier molecular flexibility index (Phi) is 4.60. The van der Waals surface area contributed by atoms with Gasteiger partial charge in [0.15, 0.2) is 0 Å². The summed E-state index contributed by atoms with van der Waals surface area (Å²) < 4.78 is 0. The van der Waals surface area contributed by atoms with Crippen LogP contribution in [0.4, 0.5) is 10.5 Å². The van der Waals surface area contributed by atoms with E-state index in [0.29, 0.717) is 10.7 Å². The van der Waals surface area contributed by atoms with Gasteiger partial charge in [-0.05, 0) is 12.1 Å². The maximum Gasteiger partial charge on any atom is 0.319 e. The van der Waals surface area contributed by atoms with Gasteiger partial charge in [0.05, 0.1) is 17.1 Å². The first-order valence-corrected chi connectivity index (χ1v) is 4.98. The van der Waals surface area contributed by atoms with E-state index in [9.17, 15) is 9.59 Å². The second kappa shape index (κ2) is 5.97. The van der Waals surface area contributed by atoms with Gasteiger partial charge in [0.1, 0.15) is 0 Å². The molecule has 0 aliphatic heterocycles. The molecule has 0 spiro atoms. The van der Waals surface area contributed by atoms with Crippen molar-refractivity contribution in [1.29, 1.82) is 0 Å². The third kappa shape index (κ3) is 4.18. The average Bonchev–Trinajstić information content (AvgIpc) is 2.21. The van der Waals surface area contributed by atoms with E-state index >= 15 is 0 Å². The largest absolute Gasteiger partial charge is 0.481 e. The molecule has 1 aromatic carbocycles. The van der Waals surface area contributed by atoms with Crippen LogP contribution in [0.25, 0.3) is 0 Å². The van der Waals surface area contributed by atoms with Crippen molar-refractivity contribution in [2.24, 2.45) is 0 Å². The third-order valence-corrected chi connectivity index (χ3v) is 2.08. The molecular formula is C10H11ClN2O3. The number of carbonyl (C=O) groups excluding carboxylic acids is 1. The fourth-order valence-corrected chi connectivity index (χ4v) is 1.20. The van der Waals surface area contributed by atoms with Gasteiger partial charge in [-0.2, -0.15) is 0 Å². The molecule has 6 heteroatoms. The summed E-state index contributed by atoms with van der Waals surface area (Å²) in [6.45, 7) is 0.0750. The highest BCUT2D eigenvalue weighted by Gasteiger charge is 2.04. The molecule has 0 bridgehead atoms. The lowest BCUT2D eigenvalue weighted by molar-refractivity contribution is -0.136. The SMILES string of the molecule is O=C(O)CCNC(=O)Nc1ccccc1Cl. The first-order chi connectivity index (χ1) is 7.59. The molecule has 0 saturated carbocycles. The number of amides is 2. The Hall–Kier alpha value is -1.75. The minimum absolute atomic E-state index is 0.0750. The average molecular weight is 243 g/mol. The molecule has 0 radical (unpaired) electrons. The van der Waals surface area contributed by atoms with Gasteiger partial charge in [0, 0.05) is 6.54 Å². The number of carboxylic acids is 1. The standard InChI is InChI=1S/C10H11ClN2O3/c11-7-3-1-2-4-8(7)13-10(16)12-6-5-9(14)15/h1-4H,5-6H2,(H,14,15)(H2,12,13,16). The van der Waals surface area contributed by atoms with Crippen molar-refractivity contribution in [3.05, 3.63) is 29.3 Å². The highest BCUT2D eigenvalue weighted by Crippen LogP contribution is 2.19. The Balaban J connectivity index is 2.40. The number of hydrogen-bond donors (Lipinski definition) is 3. The number of urea groups is 1. The first-order valence-electron chi connectivity index (χ1n) is 4.61. The number of para-hydroxylation sites is 1. The van der Waals surface area contributed by atoms with Crippen molar-refractivity contribution < 1.29 is 14.7 Å². The quantitative estimate of drug-likeness (QED) is 0.755. The Morgan fingerprint density at radius 1 is 1.31 bits per heavy atom. The minimum Gasteiger partial charge on any atom is -0.481 e. The normalized spacial score (nSPS) is 9.56. The van der Waals surface area contributed by atoms with E-state index < -0.39 is 12.0 Å². The summed E-state index contributed by atoms with van der Waals surface area (Å²) in [4.78, 5) is 21.5. The molecule has 0 saturated heterocycles. The lowest BCUT2D eigenvalue weighted by atomic mass is 10.3. The van der Waals surface area contributed by atoms with E-state index in [4.69, 9.17) is 16.7 Å². The molecule has 2 amide bonds. The highest BCUT2D eigenvalue weighted by atomic mass is 35.5. The van der Waals surface area contributed by atoms with Crippen LogP contribution in [0.3, 0.4) is 0 Å².